The van der Waals surface area contributed by atoms with Crippen LogP contribution in [0.2, 0.25) is 0 Å². The van der Waals surface area contributed by atoms with Gasteiger partial charge in [-0.1, -0.05) is 18.2 Å². The number of nitriles is 1. The number of nitrogens with two attached hydrogens (primary N) is 1. The summed E-state index contributed by atoms with van der Waals surface area (Å²) in [5, 5.41) is 9.25. The van der Waals surface area contributed by atoms with Gasteiger partial charge in [-0.25, -0.2) is 4.99 Å². The Labute approximate surface area is 174 Å². The molecule has 3 aliphatic rings. The van der Waals surface area contributed by atoms with Crippen LogP contribution in [-0.2, 0) is 15.1 Å². The number of benzene rings is 2. The van der Waals surface area contributed by atoms with Gasteiger partial charge in [0.1, 0.15) is 17.5 Å². The van der Waals surface area contributed by atoms with E-state index < -0.39 is 17.2 Å². The van der Waals surface area contributed by atoms with E-state index in [9.17, 15) is 10.1 Å². The molecule has 5 rings (SSSR count). The second-order valence-corrected chi connectivity index (χ2v) is 8.27. The summed E-state index contributed by atoms with van der Waals surface area (Å²) in [6.07, 6.45) is 1.03. The van der Waals surface area contributed by atoms with E-state index in [0.717, 1.165) is 24.0 Å². The predicted octanol–water partition coefficient (Wildman–Crippen LogP) is 2.54. The van der Waals surface area contributed by atoms with Crippen molar-refractivity contribution in [3.8, 4) is 22.9 Å². The van der Waals surface area contributed by atoms with Gasteiger partial charge < -0.3 is 15.2 Å². The summed E-state index contributed by atoms with van der Waals surface area (Å²) in [6.45, 7) is 2.51. The van der Waals surface area contributed by atoms with Crippen molar-refractivity contribution in [1.29, 1.82) is 5.26 Å². The Morgan fingerprint density at radius 3 is 2.80 bits per heavy atom. The van der Waals surface area contributed by atoms with Crippen molar-refractivity contribution in [3.05, 3.63) is 53.6 Å². The Balaban J connectivity index is 1.75. The highest BCUT2D eigenvalue weighted by atomic mass is 16.6. The zero-order valence-corrected chi connectivity index (χ0v) is 16.9. The fraction of sp³-hybridized carbons (Fsp3) is 0.348. The van der Waals surface area contributed by atoms with Crippen LogP contribution in [0.5, 0.6) is 5.75 Å². The third-order valence-electron chi connectivity index (χ3n) is 6.36. The zero-order valence-electron chi connectivity index (χ0n) is 16.9. The Morgan fingerprint density at radius 2 is 2.07 bits per heavy atom. The Hall–Kier alpha value is -3.37. The molecule has 3 heterocycles. The topological polar surface area (TPSA) is 101 Å². The molecule has 30 heavy (non-hydrogen) atoms. The minimum Gasteiger partial charge on any atom is -0.484 e. The summed E-state index contributed by atoms with van der Waals surface area (Å²) in [6, 6.07) is 15.2. The average Bonchev–Trinajstić information content (AvgIpc) is 2.98. The number of amides is 1. The minimum absolute atomic E-state index is 0.168. The van der Waals surface area contributed by atoms with Crippen molar-refractivity contribution in [2.24, 2.45) is 10.7 Å². The number of rotatable bonds is 1. The lowest BCUT2D eigenvalue weighted by Gasteiger charge is -2.51. The fourth-order valence-electron chi connectivity index (χ4n) is 4.87. The molecule has 0 aliphatic carbocycles. The van der Waals surface area contributed by atoms with Crippen LogP contribution >= 0.6 is 0 Å². The van der Waals surface area contributed by atoms with Crippen LogP contribution in [0.15, 0.2) is 47.5 Å². The number of carbonyl (C=O) groups excluding carboxylic acids is 1. The van der Waals surface area contributed by atoms with E-state index in [1.165, 1.54) is 4.90 Å². The van der Waals surface area contributed by atoms with Crippen LogP contribution in [0.4, 0.5) is 0 Å². The third-order valence-corrected chi connectivity index (χ3v) is 6.36. The molecular weight excluding hydrogens is 380 g/mol. The molecule has 0 saturated carbocycles. The SMILES string of the molecule is CN1C(=O)[C@]2(N=C1N)c1cc(-c3cccc(C#N)c3)ccc1O[C@@]1(C)CCCO[C@@H]12. The van der Waals surface area contributed by atoms with Gasteiger partial charge in [0, 0.05) is 19.2 Å². The molecule has 152 valence electrons. The number of hydrogen-bond donors (Lipinski definition) is 1. The first-order valence-electron chi connectivity index (χ1n) is 9.98. The number of guanidine groups is 1. The largest absolute Gasteiger partial charge is 0.484 e. The highest BCUT2D eigenvalue weighted by Gasteiger charge is 2.65. The monoisotopic (exact) mass is 402 g/mol. The molecule has 3 atom stereocenters. The normalized spacial score (nSPS) is 29.6. The molecule has 0 aromatic heterocycles. The first-order valence-corrected chi connectivity index (χ1v) is 9.98. The summed E-state index contributed by atoms with van der Waals surface area (Å²) < 4.78 is 12.6. The molecule has 2 aromatic rings. The molecule has 2 aromatic carbocycles. The van der Waals surface area contributed by atoms with Crippen LogP contribution in [0, 0.1) is 11.3 Å². The number of aliphatic imine (C=N–C) groups is 1. The second-order valence-electron chi connectivity index (χ2n) is 8.27. The van der Waals surface area contributed by atoms with Gasteiger partial charge in [0.25, 0.3) is 5.91 Å². The summed E-state index contributed by atoms with van der Waals surface area (Å²) >= 11 is 0. The Morgan fingerprint density at radius 1 is 1.27 bits per heavy atom. The summed E-state index contributed by atoms with van der Waals surface area (Å²) in [7, 11) is 1.63. The predicted molar refractivity (Wildman–Crippen MR) is 111 cm³/mol. The molecule has 0 radical (unpaired) electrons. The Bertz CT molecular complexity index is 1140. The highest BCUT2D eigenvalue weighted by molar-refractivity contribution is 6.08. The summed E-state index contributed by atoms with van der Waals surface area (Å²) in [5.74, 6) is 0.562. The second kappa shape index (κ2) is 6.31. The number of nitrogens with zero attached hydrogens (tertiary/aromatic N) is 3. The number of ether oxygens (including phenoxy) is 2. The first kappa shape index (κ1) is 18.6. The number of fused-ring (bicyclic) bond motifs is 4. The van der Waals surface area contributed by atoms with E-state index in [1.54, 1.807) is 13.1 Å². The van der Waals surface area contributed by atoms with Crippen molar-refractivity contribution in [2.75, 3.05) is 13.7 Å². The van der Waals surface area contributed by atoms with Gasteiger partial charge in [-0.05, 0) is 55.2 Å². The molecule has 3 aliphatic heterocycles. The van der Waals surface area contributed by atoms with Crippen molar-refractivity contribution in [3.63, 3.8) is 0 Å². The van der Waals surface area contributed by atoms with Crippen molar-refractivity contribution >= 4 is 11.9 Å². The lowest BCUT2D eigenvalue weighted by molar-refractivity contribution is -0.175. The Kier molecular flexibility index (Phi) is 3.92. The van der Waals surface area contributed by atoms with Gasteiger partial charge in [-0.2, -0.15) is 5.26 Å². The van der Waals surface area contributed by atoms with Gasteiger partial charge in [-0.15, -0.1) is 0 Å². The van der Waals surface area contributed by atoms with E-state index in [0.29, 0.717) is 23.5 Å². The standard InChI is InChI=1S/C23H22N4O3/c1-22-9-4-10-29-19(22)23(20(28)27(2)21(25)26-23)17-12-16(7-8-18(17)30-22)15-6-3-5-14(11-15)13-24/h3,5-8,11-12,19H,4,9-10H2,1-2H3,(H2,25,26)/t19-,22-,23-/m0/s1. The molecule has 1 saturated heterocycles. The quantitative estimate of drug-likeness (QED) is 0.790. The average molecular weight is 402 g/mol. The minimum atomic E-state index is -1.29. The lowest BCUT2D eigenvalue weighted by Crippen LogP contribution is -2.64. The molecule has 1 spiro atoms. The fourth-order valence-corrected chi connectivity index (χ4v) is 4.87. The van der Waals surface area contributed by atoms with E-state index in [-0.39, 0.29) is 11.9 Å². The van der Waals surface area contributed by atoms with Gasteiger partial charge in [-0.3, -0.25) is 9.69 Å². The van der Waals surface area contributed by atoms with Crippen molar-refractivity contribution in [1.82, 2.24) is 4.90 Å². The van der Waals surface area contributed by atoms with Crippen molar-refractivity contribution < 1.29 is 14.3 Å². The van der Waals surface area contributed by atoms with Gasteiger partial charge in [0.05, 0.1) is 11.6 Å². The van der Waals surface area contributed by atoms with Gasteiger partial charge in [0.15, 0.2) is 5.96 Å². The molecule has 0 unspecified atom stereocenters. The van der Waals surface area contributed by atoms with Crippen LogP contribution in [0.25, 0.3) is 11.1 Å². The number of likely N-dealkylation sites (N-methyl/N-ethyl adjacent to an activating group) is 1. The van der Waals surface area contributed by atoms with Crippen molar-refractivity contribution in [2.45, 2.75) is 37.0 Å². The van der Waals surface area contributed by atoms with Crippen LogP contribution < -0.4 is 10.5 Å². The maximum atomic E-state index is 13.6. The zero-order chi connectivity index (χ0) is 21.1. The number of hydrogen-bond acceptors (Lipinski definition) is 6. The molecule has 1 amide bonds. The van der Waals surface area contributed by atoms with E-state index in [4.69, 9.17) is 20.2 Å². The highest BCUT2D eigenvalue weighted by Crippen LogP contribution is 2.53. The van der Waals surface area contributed by atoms with Crippen LogP contribution in [0.3, 0.4) is 0 Å². The molecule has 1 fully saturated rings. The first-order chi connectivity index (χ1) is 14.4. The lowest BCUT2D eigenvalue weighted by atomic mass is 9.71. The maximum Gasteiger partial charge on any atom is 0.264 e. The number of carbonyl (C=O) groups is 1. The van der Waals surface area contributed by atoms with E-state index in [1.807, 2.05) is 43.3 Å². The third kappa shape index (κ3) is 2.40. The van der Waals surface area contributed by atoms with Gasteiger partial charge >= 0.3 is 0 Å². The molecular formula is C23H22N4O3. The van der Waals surface area contributed by atoms with Crippen LogP contribution in [-0.4, -0.2) is 42.1 Å². The molecule has 7 heteroatoms. The molecule has 7 nitrogen and oxygen atoms in total. The molecule has 0 bridgehead atoms. The smallest absolute Gasteiger partial charge is 0.264 e. The van der Waals surface area contributed by atoms with Gasteiger partial charge in [0.2, 0.25) is 5.54 Å². The maximum absolute atomic E-state index is 13.6. The van der Waals surface area contributed by atoms with E-state index >= 15 is 0 Å². The van der Waals surface area contributed by atoms with E-state index in [2.05, 4.69) is 6.07 Å². The molecule has 2 N–H and O–H groups in total. The summed E-state index contributed by atoms with van der Waals surface area (Å²) in [5.41, 5.74) is 7.09. The summed E-state index contributed by atoms with van der Waals surface area (Å²) in [4.78, 5) is 19.6. The van der Waals surface area contributed by atoms with Crippen LogP contribution in [0.1, 0.15) is 30.9 Å².